The van der Waals surface area contributed by atoms with E-state index in [4.69, 9.17) is 10.2 Å². The molecule has 0 fully saturated rings. The van der Waals surface area contributed by atoms with Gasteiger partial charge in [0.2, 0.25) is 0 Å². The third kappa shape index (κ3) is 2.80. The van der Waals surface area contributed by atoms with E-state index in [-0.39, 0.29) is 5.56 Å². The molecule has 4 nitrogen and oxygen atoms in total. The number of aromatic nitrogens is 2. The molecule has 0 unspecified atom stereocenters. The largest absolute Gasteiger partial charge is 0.287 e. The molecule has 0 aliphatic heterocycles. The minimum Gasteiger partial charge on any atom is -0.287 e. The van der Waals surface area contributed by atoms with Gasteiger partial charge in [-0.25, -0.2) is 4.98 Å². The second-order valence-corrected chi connectivity index (χ2v) is 7.57. The van der Waals surface area contributed by atoms with Crippen LogP contribution < -0.4 is 5.56 Å². The number of thiophene rings is 1. The van der Waals surface area contributed by atoms with E-state index in [1.807, 2.05) is 0 Å². The molecule has 1 aliphatic carbocycles. The van der Waals surface area contributed by atoms with Crippen LogP contribution in [0.25, 0.3) is 10.2 Å². The van der Waals surface area contributed by atoms with Gasteiger partial charge in [0, 0.05) is 11.4 Å². The van der Waals surface area contributed by atoms with Gasteiger partial charge in [-0.05, 0) is 31.2 Å². The van der Waals surface area contributed by atoms with Crippen molar-refractivity contribution in [1.29, 1.82) is 5.26 Å². The zero-order chi connectivity index (χ0) is 15.5. The minimum atomic E-state index is 0.0981. The molecule has 0 radical (unpaired) electrons. The molecule has 2 heterocycles. The van der Waals surface area contributed by atoms with Crippen molar-refractivity contribution in [2.24, 2.45) is 0 Å². The normalized spacial score (nSPS) is 13.5. The Morgan fingerprint density at radius 2 is 2.27 bits per heavy atom. The number of thioether (sulfide) groups is 1. The van der Waals surface area contributed by atoms with Gasteiger partial charge in [-0.2, -0.15) is 5.26 Å². The van der Waals surface area contributed by atoms with Crippen LogP contribution in [0, 0.1) is 11.3 Å². The molecule has 0 bridgehead atoms. The van der Waals surface area contributed by atoms with Crippen molar-refractivity contribution in [1.82, 2.24) is 9.55 Å². The van der Waals surface area contributed by atoms with Crippen LogP contribution >= 0.6 is 23.1 Å². The molecular formula is C16H19N3OS2. The maximum atomic E-state index is 13.0. The molecule has 0 spiro atoms. The van der Waals surface area contributed by atoms with Crippen molar-refractivity contribution < 1.29 is 0 Å². The molecule has 0 amide bonds. The van der Waals surface area contributed by atoms with Crippen LogP contribution in [-0.4, -0.2) is 15.3 Å². The number of aryl methyl sites for hydroxylation is 2. The second-order valence-electron chi connectivity index (χ2n) is 5.54. The molecule has 3 rings (SSSR count). The summed E-state index contributed by atoms with van der Waals surface area (Å²) in [5, 5.41) is 10.4. The molecule has 22 heavy (non-hydrogen) atoms. The van der Waals surface area contributed by atoms with Gasteiger partial charge in [-0.1, -0.05) is 31.5 Å². The highest BCUT2D eigenvalue weighted by Gasteiger charge is 2.23. The van der Waals surface area contributed by atoms with Crippen molar-refractivity contribution >= 4 is 33.3 Å². The average Bonchev–Trinajstić information content (AvgIpc) is 3.08. The summed E-state index contributed by atoms with van der Waals surface area (Å²) in [6, 6.07) is 2.13. The fourth-order valence-electron chi connectivity index (χ4n) is 2.98. The third-order valence-electron chi connectivity index (χ3n) is 4.04. The molecule has 2 aromatic heterocycles. The van der Waals surface area contributed by atoms with E-state index in [2.05, 4.69) is 13.0 Å². The first-order valence-corrected chi connectivity index (χ1v) is 9.61. The van der Waals surface area contributed by atoms with Gasteiger partial charge >= 0.3 is 0 Å². The standard InChI is InChI=1S/C16H19N3OS2/c1-2-3-4-9-19-15(20)13-11-6-5-7-12(11)22-14(13)18-16(19)21-10-8-17/h2-7,9-10H2,1H3. The lowest BCUT2D eigenvalue weighted by Crippen LogP contribution is -2.23. The number of hydrogen-bond acceptors (Lipinski definition) is 5. The van der Waals surface area contributed by atoms with Crippen LogP contribution in [0.2, 0.25) is 0 Å². The van der Waals surface area contributed by atoms with E-state index in [9.17, 15) is 4.79 Å². The summed E-state index contributed by atoms with van der Waals surface area (Å²) in [4.78, 5) is 19.9. The van der Waals surface area contributed by atoms with E-state index >= 15 is 0 Å². The van der Waals surface area contributed by atoms with Crippen LogP contribution in [0.5, 0.6) is 0 Å². The van der Waals surface area contributed by atoms with Crippen molar-refractivity contribution in [2.75, 3.05) is 5.75 Å². The molecule has 0 atom stereocenters. The molecule has 0 N–H and O–H groups in total. The van der Waals surface area contributed by atoms with Gasteiger partial charge in [-0.3, -0.25) is 9.36 Å². The Morgan fingerprint density at radius 3 is 3.05 bits per heavy atom. The molecule has 0 aromatic carbocycles. The molecule has 0 saturated carbocycles. The maximum Gasteiger partial charge on any atom is 0.263 e. The van der Waals surface area contributed by atoms with Crippen molar-refractivity contribution in [3.05, 3.63) is 20.8 Å². The van der Waals surface area contributed by atoms with Crippen molar-refractivity contribution in [3.8, 4) is 6.07 Å². The second kappa shape index (κ2) is 6.84. The lowest BCUT2D eigenvalue weighted by molar-refractivity contribution is 0.542. The number of hydrogen-bond donors (Lipinski definition) is 0. The van der Waals surface area contributed by atoms with Crippen LogP contribution in [0.15, 0.2) is 9.95 Å². The Hall–Kier alpha value is -1.32. The molecular weight excluding hydrogens is 314 g/mol. The Kier molecular flexibility index (Phi) is 4.84. The Labute approximate surface area is 138 Å². The van der Waals surface area contributed by atoms with E-state index in [1.165, 1.54) is 22.2 Å². The van der Waals surface area contributed by atoms with Gasteiger partial charge in [0.1, 0.15) is 4.83 Å². The van der Waals surface area contributed by atoms with Crippen LogP contribution in [0.3, 0.4) is 0 Å². The zero-order valence-electron chi connectivity index (χ0n) is 12.7. The summed E-state index contributed by atoms with van der Waals surface area (Å²) in [5.74, 6) is 0.330. The van der Waals surface area contributed by atoms with Gasteiger partial charge in [0.05, 0.1) is 17.2 Å². The predicted molar refractivity (Wildman–Crippen MR) is 91.8 cm³/mol. The van der Waals surface area contributed by atoms with Crippen molar-refractivity contribution in [2.45, 2.75) is 57.1 Å². The van der Waals surface area contributed by atoms with Crippen LogP contribution in [0.1, 0.15) is 43.0 Å². The molecule has 116 valence electrons. The summed E-state index contributed by atoms with van der Waals surface area (Å²) in [6.45, 7) is 2.86. The fourth-order valence-corrected chi connectivity index (χ4v) is 4.97. The van der Waals surface area contributed by atoms with E-state index in [0.29, 0.717) is 17.5 Å². The summed E-state index contributed by atoms with van der Waals surface area (Å²) in [6.07, 6.45) is 6.44. The topological polar surface area (TPSA) is 58.7 Å². The van der Waals surface area contributed by atoms with E-state index < -0.39 is 0 Å². The SMILES string of the molecule is CCCCCn1c(SCC#N)nc2sc3c(c2c1=O)CCC3. The highest BCUT2D eigenvalue weighted by molar-refractivity contribution is 7.99. The lowest BCUT2D eigenvalue weighted by Gasteiger charge is -2.11. The first-order chi connectivity index (χ1) is 10.8. The molecule has 6 heteroatoms. The Morgan fingerprint density at radius 1 is 1.41 bits per heavy atom. The zero-order valence-corrected chi connectivity index (χ0v) is 14.4. The summed E-state index contributed by atoms with van der Waals surface area (Å²) < 4.78 is 1.80. The van der Waals surface area contributed by atoms with Gasteiger partial charge in [0.15, 0.2) is 5.16 Å². The van der Waals surface area contributed by atoms with Gasteiger partial charge < -0.3 is 0 Å². The van der Waals surface area contributed by atoms with Crippen molar-refractivity contribution in [3.63, 3.8) is 0 Å². The monoisotopic (exact) mass is 333 g/mol. The number of nitrogens with zero attached hydrogens (tertiary/aromatic N) is 3. The Balaban J connectivity index is 2.09. The van der Waals surface area contributed by atoms with Crippen LogP contribution in [0.4, 0.5) is 0 Å². The predicted octanol–water partition coefficient (Wildman–Crippen LogP) is 3.75. The summed E-state index contributed by atoms with van der Waals surface area (Å²) >= 11 is 3.04. The number of rotatable bonds is 6. The smallest absolute Gasteiger partial charge is 0.263 e. The highest BCUT2D eigenvalue weighted by atomic mass is 32.2. The highest BCUT2D eigenvalue weighted by Crippen LogP contribution is 2.35. The lowest BCUT2D eigenvalue weighted by atomic mass is 10.2. The van der Waals surface area contributed by atoms with Gasteiger partial charge in [-0.15, -0.1) is 11.3 Å². The number of unbranched alkanes of at least 4 members (excludes halogenated alkanes) is 2. The third-order valence-corrected chi connectivity index (χ3v) is 6.07. The minimum absolute atomic E-state index is 0.0981. The molecule has 1 aliphatic rings. The first kappa shape index (κ1) is 15.6. The van der Waals surface area contributed by atoms with Crippen LogP contribution in [-0.2, 0) is 19.4 Å². The first-order valence-electron chi connectivity index (χ1n) is 7.81. The quantitative estimate of drug-likeness (QED) is 0.459. The Bertz CT molecular complexity index is 785. The summed E-state index contributed by atoms with van der Waals surface area (Å²) in [7, 11) is 0. The number of nitriles is 1. The van der Waals surface area contributed by atoms with Gasteiger partial charge in [0.25, 0.3) is 5.56 Å². The summed E-state index contributed by atoms with van der Waals surface area (Å²) in [5.41, 5.74) is 1.33. The number of fused-ring (bicyclic) bond motifs is 3. The maximum absolute atomic E-state index is 13.0. The van der Waals surface area contributed by atoms with E-state index in [0.717, 1.165) is 48.7 Å². The fraction of sp³-hybridized carbons (Fsp3) is 0.562. The molecule has 2 aromatic rings. The van der Waals surface area contributed by atoms with E-state index in [1.54, 1.807) is 15.9 Å². The molecule has 0 saturated heterocycles. The average molecular weight is 333 g/mol.